The van der Waals surface area contributed by atoms with Crippen molar-refractivity contribution in [3.63, 3.8) is 0 Å². The van der Waals surface area contributed by atoms with Crippen LogP contribution in [0, 0.1) is 11.8 Å². The third kappa shape index (κ3) is 6.23. The zero-order chi connectivity index (χ0) is 34.6. The van der Waals surface area contributed by atoms with Gasteiger partial charge in [0.15, 0.2) is 5.79 Å². The first-order chi connectivity index (χ1) is 24.7. The maximum atomic E-state index is 14.1. The maximum absolute atomic E-state index is 14.1. The Hall–Kier alpha value is -1.25. The molecule has 11 rings (SSSR count). The van der Waals surface area contributed by atoms with Gasteiger partial charge in [0.2, 0.25) is 0 Å². The molecule has 0 aromatic rings. The highest BCUT2D eigenvalue weighted by molar-refractivity contribution is 5.79. The Balaban J connectivity index is 0.931. The molecule has 0 amide bonds. The van der Waals surface area contributed by atoms with Crippen molar-refractivity contribution in [2.24, 2.45) is 11.8 Å². The van der Waals surface area contributed by atoms with Gasteiger partial charge in [0.25, 0.3) is 0 Å². The highest BCUT2D eigenvalue weighted by atomic mass is 16.8. The molecule has 12 bridgehead atoms. The van der Waals surface area contributed by atoms with E-state index in [0.29, 0.717) is 31.6 Å². The summed E-state index contributed by atoms with van der Waals surface area (Å²) < 4.78 is 65.9. The van der Waals surface area contributed by atoms with Crippen LogP contribution >= 0.6 is 0 Å². The van der Waals surface area contributed by atoms with Gasteiger partial charge in [-0.3, -0.25) is 4.79 Å². The summed E-state index contributed by atoms with van der Waals surface area (Å²) in [5.41, 5.74) is 2.28. The van der Waals surface area contributed by atoms with Gasteiger partial charge in [0.1, 0.15) is 36.3 Å². The molecule has 11 aliphatic rings. The number of carbonyl (C=O) groups is 1. The number of rotatable bonds is 3. The van der Waals surface area contributed by atoms with E-state index in [2.05, 4.69) is 20.1 Å². The lowest BCUT2D eigenvalue weighted by Gasteiger charge is -2.47. The number of Topliss-reactive ketones (excluding diaryl/α,β-unsaturated/α-hetero) is 1. The molecule has 11 aliphatic heterocycles. The summed E-state index contributed by atoms with van der Waals surface area (Å²) in [4.78, 5) is 14.1. The van der Waals surface area contributed by atoms with Crippen LogP contribution in [0.5, 0.6) is 0 Å². The molecule has 11 saturated heterocycles. The summed E-state index contributed by atoms with van der Waals surface area (Å²) in [6.45, 7) is 12.0. The highest BCUT2D eigenvalue weighted by Crippen LogP contribution is 2.54. The molecule has 11 heteroatoms. The summed E-state index contributed by atoms with van der Waals surface area (Å²) in [6.07, 6.45) is 7.65. The molecule has 0 aromatic heterocycles. The minimum atomic E-state index is -0.758. The minimum Gasteiger partial charge on any atom is -0.378 e. The molecule has 0 radical (unpaired) electrons. The quantitative estimate of drug-likeness (QED) is 0.304. The molecule has 11 fully saturated rings. The van der Waals surface area contributed by atoms with Gasteiger partial charge >= 0.3 is 0 Å². The third-order valence-corrected chi connectivity index (χ3v) is 14.1. The zero-order valence-corrected chi connectivity index (χ0v) is 30.2. The third-order valence-electron chi connectivity index (χ3n) is 14.1. The smallest absolute Gasteiger partial charge is 0.172 e. The van der Waals surface area contributed by atoms with Crippen LogP contribution in [-0.2, 0) is 52.2 Å². The number of ether oxygens (including phenoxy) is 10. The van der Waals surface area contributed by atoms with E-state index in [1.165, 1.54) is 0 Å². The van der Waals surface area contributed by atoms with Gasteiger partial charge in [-0.1, -0.05) is 20.1 Å². The predicted molar refractivity (Wildman–Crippen MR) is 181 cm³/mol. The van der Waals surface area contributed by atoms with Crippen LogP contribution in [-0.4, -0.2) is 123 Å². The lowest BCUT2D eigenvalue weighted by atomic mass is 9.81. The molecule has 0 aromatic carbocycles. The first-order valence-corrected chi connectivity index (χ1v) is 20.0. The van der Waals surface area contributed by atoms with Gasteiger partial charge in [-0.25, -0.2) is 0 Å². The van der Waals surface area contributed by atoms with Gasteiger partial charge in [-0.05, 0) is 62.0 Å². The Morgan fingerprint density at radius 3 is 2.35 bits per heavy atom. The Bertz CT molecular complexity index is 1380. The molecule has 2 unspecified atom stereocenters. The van der Waals surface area contributed by atoms with E-state index in [4.69, 9.17) is 47.4 Å². The van der Waals surface area contributed by atoms with Crippen molar-refractivity contribution < 1.29 is 52.2 Å². The van der Waals surface area contributed by atoms with E-state index < -0.39 is 5.79 Å². The number of methoxy groups -OCH3 is 1. The van der Waals surface area contributed by atoms with Crippen molar-refractivity contribution in [2.45, 2.75) is 194 Å². The Kier molecular flexibility index (Phi) is 8.87. The predicted octanol–water partition coefficient (Wildman–Crippen LogP) is 4.52. The summed E-state index contributed by atoms with van der Waals surface area (Å²) >= 11 is 0. The second-order valence-corrected chi connectivity index (χ2v) is 17.5. The fourth-order valence-corrected chi connectivity index (χ4v) is 11.4. The molecule has 11 heterocycles. The van der Waals surface area contributed by atoms with E-state index in [1.807, 2.05) is 0 Å². The molecule has 51 heavy (non-hydrogen) atoms. The number of hydrogen-bond acceptors (Lipinski definition) is 11. The van der Waals surface area contributed by atoms with Gasteiger partial charge in [0.05, 0.1) is 73.8 Å². The number of fused-ring (bicyclic) bond motifs is 6. The van der Waals surface area contributed by atoms with Crippen LogP contribution in [0.25, 0.3) is 0 Å². The number of carbonyl (C=O) groups excluding carboxylic acids is 1. The summed E-state index contributed by atoms with van der Waals surface area (Å²) in [7, 11) is 1.74. The van der Waals surface area contributed by atoms with Gasteiger partial charge in [0, 0.05) is 51.6 Å². The molecule has 282 valence electrons. The first-order valence-electron chi connectivity index (χ1n) is 20.0. The lowest BCUT2D eigenvalue weighted by molar-refractivity contribution is -0.292. The fourth-order valence-electron chi connectivity index (χ4n) is 11.4. The molecule has 1 spiro atoms. The van der Waals surface area contributed by atoms with E-state index >= 15 is 0 Å². The topological polar surface area (TPSA) is 113 Å². The average Bonchev–Trinajstić information content (AvgIpc) is 3.56. The van der Waals surface area contributed by atoms with Crippen LogP contribution in [0.2, 0.25) is 0 Å². The Labute approximate surface area is 301 Å². The summed E-state index contributed by atoms with van der Waals surface area (Å²) in [5, 5.41) is 0. The van der Waals surface area contributed by atoms with Crippen molar-refractivity contribution in [1.82, 2.24) is 0 Å². The number of epoxide rings is 1. The summed E-state index contributed by atoms with van der Waals surface area (Å²) in [6, 6.07) is 0. The molecular weight excluding hydrogens is 656 g/mol. The average molecular weight is 713 g/mol. The fraction of sp³-hybridized carbons (Fsp3) is 0.875. The second kappa shape index (κ2) is 13.2. The molecule has 11 nitrogen and oxygen atoms in total. The van der Waals surface area contributed by atoms with Gasteiger partial charge < -0.3 is 47.4 Å². The molecule has 0 N–H and O–H groups in total. The molecule has 0 aliphatic carbocycles. The van der Waals surface area contributed by atoms with Crippen molar-refractivity contribution in [3.05, 3.63) is 24.3 Å². The van der Waals surface area contributed by atoms with Crippen LogP contribution < -0.4 is 0 Å². The van der Waals surface area contributed by atoms with Crippen LogP contribution in [0.15, 0.2) is 24.3 Å². The van der Waals surface area contributed by atoms with E-state index in [1.54, 1.807) is 7.11 Å². The monoisotopic (exact) mass is 712 g/mol. The molecule has 19 atom stereocenters. The van der Waals surface area contributed by atoms with E-state index in [0.717, 1.165) is 75.5 Å². The van der Waals surface area contributed by atoms with Crippen LogP contribution in [0.3, 0.4) is 0 Å². The summed E-state index contributed by atoms with van der Waals surface area (Å²) in [5.74, 6) is -0.359. The van der Waals surface area contributed by atoms with Crippen LogP contribution in [0.4, 0.5) is 0 Å². The van der Waals surface area contributed by atoms with Gasteiger partial charge in [-0.2, -0.15) is 0 Å². The standard InChI is InChI=1S/C40H56O11/c1-19-11-23-5-7-28-20(2)12-25(44-28)9-10-40-17-33-36(50-40)37-38(49-33)39(51-40)35-29(48-37)8-6-24(46-35)13-22(41)14-27-31(16-30(45-23)21(19)3)47-32(34(27)42-4)15-26-18-43-26/h19,23-39H,2-3,5-18H2,1,4H3/t19-,23+,24-,25+,26+,27+,28+,29+,30-,31+,32-,33-,34-,35+,36+,37?,38?,39+,40+/m1/s1. The van der Waals surface area contributed by atoms with E-state index in [-0.39, 0.29) is 109 Å². The van der Waals surface area contributed by atoms with Crippen LogP contribution in [0.1, 0.15) is 90.4 Å². The Morgan fingerprint density at radius 1 is 0.745 bits per heavy atom. The highest BCUT2D eigenvalue weighted by Gasteiger charge is 2.68. The lowest BCUT2D eigenvalue weighted by Crippen LogP contribution is -2.61. The van der Waals surface area contributed by atoms with Gasteiger partial charge in [-0.15, -0.1) is 0 Å². The second-order valence-electron chi connectivity index (χ2n) is 17.5. The molecule has 0 saturated carbocycles. The Morgan fingerprint density at radius 2 is 1.51 bits per heavy atom. The maximum Gasteiger partial charge on any atom is 0.172 e. The molecular formula is C40H56O11. The normalized spacial score (nSPS) is 55.1. The van der Waals surface area contributed by atoms with Crippen molar-refractivity contribution >= 4 is 5.78 Å². The number of hydrogen-bond donors (Lipinski definition) is 0. The number of ketones is 1. The van der Waals surface area contributed by atoms with Crippen molar-refractivity contribution in [1.29, 1.82) is 0 Å². The SMILES string of the molecule is C=C1C[C@@H]2CC[C@@]34C[C@H]5OC6C(O[C@H]7CC[C@H](CC(=O)C[C@@H]8[C@@H](OC)[C@@H](C[C@H]9CO9)O[C@H]8C[C@H]8O[C@@H](CC[C@@H]1O2)C[C@@H](C)C8=C)O[C@@H]7[C@@H]6O3)[C@H]5O4. The largest absolute Gasteiger partial charge is 0.378 e. The van der Waals surface area contributed by atoms with E-state index in [9.17, 15) is 4.79 Å². The first kappa shape index (κ1) is 34.3. The van der Waals surface area contributed by atoms with Crippen molar-refractivity contribution in [3.8, 4) is 0 Å². The zero-order valence-electron chi connectivity index (χ0n) is 30.2. The minimum absolute atomic E-state index is 0.0126. The van der Waals surface area contributed by atoms with Crippen molar-refractivity contribution in [2.75, 3.05) is 13.7 Å².